The van der Waals surface area contributed by atoms with Crippen LogP contribution in [-0.4, -0.2) is 45.9 Å². The Morgan fingerprint density at radius 2 is 1.66 bits per heavy atom. The van der Waals surface area contributed by atoms with Crippen molar-refractivity contribution in [3.63, 3.8) is 0 Å². The van der Waals surface area contributed by atoms with Crippen molar-refractivity contribution in [2.24, 2.45) is 5.92 Å². The van der Waals surface area contributed by atoms with Crippen molar-refractivity contribution >= 4 is 21.9 Å². The van der Waals surface area contributed by atoms with E-state index in [9.17, 15) is 22.0 Å². The molecule has 0 amide bonds. The summed E-state index contributed by atoms with van der Waals surface area (Å²) in [5.41, 5.74) is 3.47. The maximum atomic E-state index is 13.9. The molecular formula is C28H22F2N4O3S. The molecule has 0 radical (unpaired) electrons. The van der Waals surface area contributed by atoms with E-state index in [2.05, 4.69) is 10.1 Å². The molecule has 0 bridgehead atoms. The molecular weight excluding hydrogens is 510 g/mol. The van der Waals surface area contributed by atoms with Gasteiger partial charge in [0.05, 0.1) is 28.5 Å². The first-order chi connectivity index (χ1) is 18.3. The molecule has 1 saturated heterocycles. The van der Waals surface area contributed by atoms with Crippen LogP contribution in [0.25, 0.3) is 11.8 Å². The number of benzene rings is 2. The predicted molar refractivity (Wildman–Crippen MR) is 136 cm³/mol. The lowest BCUT2D eigenvalue weighted by Gasteiger charge is -2.42. The third-order valence-corrected chi connectivity index (χ3v) is 9.01. The minimum Gasteiger partial charge on any atom is -0.291 e. The summed E-state index contributed by atoms with van der Waals surface area (Å²) in [4.78, 5) is 18.0. The van der Waals surface area contributed by atoms with Crippen LogP contribution in [0.5, 0.6) is 0 Å². The number of carbonyl (C=O) groups excluding carboxylic acids is 1. The van der Waals surface area contributed by atoms with E-state index in [0.29, 0.717) is 18.5 Å². The van der Waals surface area contributed by atoms with Crippen molar-refractivity contribution in [1.82, 2.24) is 19.1 Å². The second-order valence-electron chi connectivity index (χ2n) is 9.32. The summed E-state index contributed by atoms with van der Waals surface area (Å²) in [7, 11) is -4.12. The van der Waals surface area contributed by atoms with E-state index in [-0.39, 0.29) is 23.0 Å². The van der Waals surface area contributed by atoms with Gasteiger partial charge in [-0.2, -0.15) is 9.40 Å². The van der Waals surface area contributed by atoms with E-state index in [1.165, 1.54) is 34.8 Å². The highest BCUT2D eigenvalue weighted by Gasteiger charge is 2.47. The van der Waals surface area contributed by atoms with Gasteiger partial charge in [0.15, 0.2) is 5.78 Å². The summed E-state index contributed by atoms with van der Waals surface area (Å²) >= 11 is 0. The lowest BCUT2D eigenvalue weighted by Crippen LogP contribution is -2.54. The highest BCUT2D eigenvalue weighted by Crippen LogP contribution is 2.41. The van der Waals surface area contributed by atoms with Gasteiger partial charge in [0.1, 0.15) is 17.3 Å². The molecule has 2 aromatic carbocycles. The minimum atomic E-state index is -4.12. The van der Waals surface area contributed by atoms with E-state index in [4.69, 9.17) is 0 Å². The Labute approximate surface area is 218 Å². The van der Waals surface area contributed by atoms with Crippen LogP contribution in [0.15, 0.2) is 89.6 Å². The van der Waals surface area contributed by atoms with Gasteiger partial charge >= 0.3 is 0 Å². The fourth-order valence-corrected chi connectivity index (χ4v) is 6.90. The molecule has 1 unspecified atom stereocenters. The molecule has 6 rings (SSSR count). The molecule has 4 aromatic rings. The zero-order valence-electron chi connectivity index (χ0n) is 20.0. The number of pyridine rings is 1. The Balaban J connectivity index is 1.43. The molecule has 1 fully saturated rings. The Kier molecular flexibility index (Phi) is 6.00. The van der Waals surface area contributed by atoms with Gasteiger partial charge in [-0.1, -0.05) is 11.6 Å². The highest BCUT2D eigenvalue weighted by molar-refractivity contribution is 7.89. The predicted octanol–water partition coefficient (Wildman–Crippen LogP) is 4.45. The molecule has 3 heterocycles. The van der Waals surface area contributed by atoms with E-state index in [1.807, 2.05) is 6.08 Å². The van der Waals surface area contributed by atoms with Crippen LogP contribution in [0, 0.1) is 17.6 Å². The molecule has 10 heteroatoms. The molecule has 2 atom stereocenters. The van der Waals surface area contributed by atoms with E-state index in [0.717, 1.165) is 29.0 Å². The monoisotopic (exact) mass is 532 g/mol. The van der Waals surface area contributed by atoms with Crippen molar-refractivity contribution in [2.75, 3.05) is 6.54 Å². The van der Waals surface area contributed by atoms with Gasteiger partial charge in [-0.05, 0) is 85.1 Å². The fourth-order valence-electron chi connectivity index (χ4n) is 5.28. The summed E-state index contributed by atoms with van der Waals surface area (Å²) < 4.78 is 57.5. The lowest BCUT2D eigenvalue weighted by atomic mass is 9.76. The number of hydrogen-bond acceptors (Lipinski definition) is 5. The number of fused-ring (bicyclic) bond motifs is 2. The van der Waals surface area contributed by atoms with Crippen LogP contribution >= 0.6 is 0 Å². The summed E-state index contributed by atoms with van der Waals surface area (Å²) in [5, 5.41) is 4.49. The maximum absolute atomic E-state index is 13.9. The Hall–Kier alpha value is -4.02. The van der Waals surface area contributed by atoms with Crippen molar-refractivity contribution in [1.29, 1.82) is 0 Å². The Morgan fingerprint density at radius 3 is 2.34 bits per heavy atom. The number of sulfonamides is 1. The lowest BCUT2D eigenvalue weighted by molar-refractivity contribution is 0.0821. The molecule has 1 aliphatic heterocycles. The number of Topliss-reactive ketones (excluding diaryl/α,β-unsaturated/α-hetero) is 1. The van der Waals surface area contributed by atoms with Crippen LogP contribution in [0.2, 0.25) is 0 Å². The number of aromatic nitrogens is 3. The van der Waals surface area contributed by atoms with Crippen LogP contribution in [0.4, 0.5) is 8.78 Å². The molecule has 1 aliphatic carbocycles. The van der Waals surface area contributed by atoms with Gasteiger partial charge in [-0.25, -0.2) is 21.9 Å². The third-order valence-electron chi connectivity index (χ3n) is 7.11. The number of piperidine rings is 1. The summed E-state index contributed by atoms with van der Waals surface area (Å²) in [5.74, 6) is -1.74. The SMILES string of the molecule is O=C(c1ccccn1)[C@@H]1C2Cc3cnn(-c4ccc(F)cc4)c3C=C2CCN1S(=O)(=O)c1ccc(F)cc1. The van der Waals surface area contributed by atoms with Crippen LogP contribution in [0.1, 0.15) is 28.2 Å². The van der Waals surface area contributed by atoms with E-state index >= 15 is 0 Å². The van der Waals surface area contributed by atoms with Crippen molar-refractivity contribution in [2.45, 2.75) is 23.8 Å². The number of ketones is 1. The molecule has 2 aliphatic rings. The third kappa shape index (κ3) is 4.15. The van der Waals surface area contributed by atoms with E-state index < -0.39 is 33.6 Å². The summed E-state index contributed by atoms with van der Waals surface area (Å²) in [6.07, 6.45) is 5.95. The standard InChI is InChI=1S/C28H22F2N4O3S/c29-20-4-8-22(9-5-20)34-26-16-18-12-14-33(38(36,37)23-10-6-21(30)7-11-23)27(24(18)15-19(26)17-32-34)28(35)25-3-1-2-13-31-25/h1-11,13,16-17,24,27H,12,14-15H2/t24?,27-/m0/s1. The van der Waals surface area contributed by atoms with Crippen molar-refractivity contribution in [3.05, 3.63) is 113 Å². The number of rotatable bonds is 5. The average molecular weight is 533 g/mol. The average Bonchev–Trinajstić information content (AvgIpc) is 3.34. The van der Waals surface area contributed by atoms with Gasteiger partial charge in [0, 0.05) is 18.7 Å². The molecule has 2 aromatic heterocycles. The number of nitrogens with zero attached hydrogens (tertiary/aromatic N) is 4. The smallest absolute Gasteiger partial charge is 0.243 e. The largest absolute Gasteiger partial charge is 0.291 e. The Bertz CT molecular complexity index is 1650. The number of carbonyl (C=O) groups is 1. The molecule has 0 spiro atoms. The first kappa shape index (κ1) is 24.3. The van der Waals surface area contributed by atoms with Gasteiger partial charge in [0.2, 0.25) is 10.0 Å². The minimum absolute atomic E-state index is 0.0747. The maximum Gasteiger partial charge on any atom is 0.243 e. The topological polar surface area (TPSA) is 85.2 Å². The van der Waals surface area contributed by atoms with E-state index in [1.54, 1.807) is 41.2 Å². The van der Waals surface area contributed by atoms with Gasteiger partial charge in [0.25, 0.3) is 0 Å². The molecule has 0 N–H and O–H groups in total. The quantitative estimate of drug-likeness (QED) is 0.355. The fraction of sp³-hybridized carbons (Fsp3) is 0.179. The second kappa shape index (κ2) is 9.38. The zero-order valence-corrected chi connectivity index (χ0v) is 20.9. The molecule has 0 saturated carbocycles. The van der Waals surface area contributed by atoms with Crippen LogP contribution in [0.3, 0.4) is 0 Å². The molecule has 7 nitrogen and oxygen atoms in total. The molecule has 192 valence electrons. The van der Waals surface area contributed by atoms with Gasteiger partial charge in [-0.3, -0.25) is 9.78 Å². The first-order valence-electron chi connectivity index (χ1n) is 12.1. The zero-order chi connectivity index (χ0) is 26.4. The highest BCUT2D eigenvalue weighted by atomic mass is 32.2. The van der Waals surface area contributed by atoms with Gasteiger partial charge in [-0.15, -0.1) is 0 Å². The van der Waals surface area contributed by atoms with Crippen LogP contribution in [-0.2, 0) is 16.4 Å². The Morgan fingerprint density at radius 1 is 0.947 bits per heavy atom. The van der Waals surface area contributed by atoms with Gasteiger partial charge < -0.3 is 0 Å². The number of halogens is 2. The summed E-state index contributed by atoms with van der Waals surface area (Å²) in [6, 6.07) is 14.5. The number of hydrogen-bond donors (Lipinski definition) is 0. The summed E-state index contributed by atoms with van der Waals surface area (Å²) in [6.45, 7) is 0.0747. The van der Waals surface area contributed by atoms with Crippen molar-refractivity contribution < 1.29 is 22.0 Å². The van der Waals surface area contributed by atoms with Crippen molar-refractivity contribution in [3.8, 4) is 5.69 Å². The first-order valence-corrected chi connectivity index (χ1v) is 13.5. The van der Waals surface area contributed by atoms with Crippen LogP contribution < -0.4 is 0 Å². The molecule has 38 heavy (non-hydrogen) atoms. The normalized spacial score (nSPS) is 19.4. The second-order valence-corrected chi connectivity index (χ2v) is 11.2.